The number of rotatable bonds is 37. The van der Waals surface area contributed by atoms with E-state index in [0.717, 1.165) is 69.1 Å². The number of nitrogens with one attached hydrogen (secondary N) is 2. The Bertz CT molecular complexity index is 2570. The van der Waals surface area contributed by atoms with Crippen LogP contribution in [-0.2, 0) is 68.7 Å². The van der Waals surface area contributed by atoms with E-state index in [1.54, 1.807) is 0 Å². The number of esters is 1. The second kappa shape index (κ2) is 35.6. The molecule has 456 valence electrons. The normalized spacial score (nSPS) is 12.6. The van der Waals surface area contributed by atoms with Crippen LogP contribution < -0.4 is 10.6 Å². The summed E-state index contributed by atoms with van der Waals surface area (Å²) in [5.74, 6) is -0.285. The zero-order valence-corrected chi connectivity index (χ0v) is 54.7. The Morgan fingerprint density at radius 3 is 1.19 bits per heavy atom. The number of unbranched alkanes of at least 4 members (excludes halogenated alkanes) is 16. The number of carbonyl (C=O) groups excluding carboxylic acids is 1. The van der Waals surface area contributed by atoms with Crippen molar-refractivity contribution in [2.24, 2.45) is 0 Å². The molecule has 0 amide bonds. The number of carbonyl (C=O) groups is 1. The van der Waals surface area contributed by atoms with E-state index in [1.807, 2.05) is 24.3 Å². The first-order chi connectivity index (χ1) is 39.5. The molecule has 5 aromatic rings. The molecule has 5 aromatic carbocycles. The molecule has 83 heavy (non-hydrogen) atoms. The van der Waals surface area contributed by atoms with Gasteiger partial charge in [-0.3, -0.25) is 0 Å². The zero-order valence-electron chi connectivity index (χ0n) is 54.7. The van der Waals surface area contributed by atoms with Gasteiger partial charge in [-0.05, 0) is 140 Å². The number of allylic oxidation sites excluding steroid dienone is 1. The molecular formula is C77H114N2O4. The summed E-state index contributed by atoms with van der Waals surface area (Å²) in [6, 6.07) is 39.3. The van der Waals surface area contributed by atoms with Gasteiger partial charge in [0, 0.05) is 39.5 Å². The van der Waals surface area contributed by atoms with Crippen LogP contribution in [0.3, 0.4) is 0 Å². The number of benzene rings is 5. The Morgan fingerprint density at radius 1 is 0.373 bits per heavy atom. The lowest BCUT2D eigenvalue weighted by molar-refractivity contribution is 0.0472. The van der Waals surface area contributed by atoms with E-state index in [0.29, 0.717) is 12.2 Å². The van der Waals surface area contributed by atoms with Crippen LogP contribution in [0, 0.1) is 0 Å². The monoisotopic (exact) mass is 1130 g/mol. The Labute approximate surface area is 507 Å². The highest BCUT2D eigenvalue weighted by Gasteiger charge is 2.24. The van der Waals surface area contributed by atoms with E-state index in [-0.39, 0.29) is 34.2 Å². The molecule has 0 saturated heterocycles. The average molecular weight is 1130 g/mol. The Morgan fingerprint density at radius 2 is 0.735 bits per heavy atom. The number of hydrogen-bond acceptors (Lipinski definition) is 6. The molecule has 6 nitrogen and oxygen atoms in total. The van der Waals surface area contributed by atoms with Crippen molar-refractivity contribution in [3.8, 4) is 0 Å². The summed E-state index contributed by atoms with van der Waals surface area (Å²) in [4.78, 5) is 13.2. The summed E-state index contributed by atoms with van der Waals surface area (Å²) < 4.78 is 17.8. The van der Waals surface area contributed by atoms with Gasteiger partial charge in [0.1, 0.15) is 6.61 Å². The van der Waals surface area contributed by atoms with Gasteiger partial charge in [-0.15, -0.1) is 0 Å². The molecule has 2 N–H and O–H groups in total. The fourth-order valence-electron chi connectivity index (χ4n) is 10.4. The SMILES string of the molecule is C/C(=C\c1ccc(COCCCCCCCCCCOCCCCCCCCCCCCNCc2cc(C(C)(C)C)cc(C(C)(C)C)c2)cc1)c1ccc(CNCc2ccc(COC(=O)c3cc(C(C)(C)C)cc(C(C)(C)C)c3)cc2)cc1. The van der Waals surface area contributed by atoms with Crippen LogP contribution >= 0.6 is 0 Å². The standard InChI is InChI=1S/C77H114N2O4/c1-60(67-42-40-63(41-43-67)56-79-55-62-34-38-65(39-35-62)59-83-73(80)68-51-71(76(8,9)10)54-72(52-68)77(11,12)13)48-61-32-36-64(37-33-61)58-82-47-31-27-23-19-18-22-26-30-46-81-45-29-25-21-17-15-14-16-20-24-28-44-78-57-66-49-69(74(2,3)4)53-70(50-66)75(5,6)7/h32-43,48-54,78-79H,14-31,44-47,55-59H2,1-13H3/b60-48+. The minimum atomic E-state index is -0.285. The van der Waals surface area contributed by atoms with Crippen molar-refractivity contribution in [2.75, 3.05) is 26.4 Å². The predicted octanol–water partition coefficient (Wildman–Crippen LogP) is 20.4. The molecule has 0 aliphatic rings. The largest absolute Gasteiger partial charge is 0.457 e. The van der Waals surface area contributed by atoms with Crippen LogP contribution in [0.25, 0.3) is 11.6 Å². The van der Waals surface area contributed by atoms with Crippen molar-refractivity contribution in [1.29, 1.82) is 0 Å². The molecule has 0 aliphatic carbocycles. The molecule has 0 bridgehead atoms. The van der Waals surface area contributed by atoms with Crippen LogP contribution in [0.1, 0.15) is 277 Å². The predicted molar refractivity (Wildman–Crippen MR) is 356 cm³/mol. The Hall–Kier alpha value is -4.85. The fraction of sp³-hybridized carbons (Fsp3) is 0.571. The van der Waals surface area contributed by atoms with Crippen LogP contribution in [0.4, 0.5) is 0 Å². The molecule has 6 heteroatoms. The summed E-state index contributed by atoms with van der Waals surface area (Å²) >= 11 is 0. The molecular weight excluding hydrogens is 1020 g/mol. The molecule has 0 atom stereocenters. The van der Waals surface area contributed by atoms with E-state index in [4.69, 9.17) is 14.2 Å². The molecule has 5 rings (SSSR count). The van der Waals surface area contributed by atoms with Gasteiger partial charge in [0.05, 0.1) is 12.2 Å². The van der Waals surface area contributed by atoms with Gasteiger partial charge in [-0.25, -0.2) is 4.79 Å². The first-order valence-electron chi connectivity index (χ1n) is 32.5. The van der Waals surface area contributed by atoms with Crippen LogP contribution in [0.2, 0.25) is 0 Å². The molecule has 0 heterocycles. The lowest BCUT2D eigenvalue weighted by atomic mass is 9.79. The second-order valence-electron chi connectivity index (χ2n) is 28.2. The van der Waals surface area contributed by atoms with Crippen LogP contribution in [0.15, 0.2) is 109 Å². The minimum Gasteiger partial charge on any atom is -0.457 e. The molecule has 0 fully saturated rings. The Kier molecular flexibility index (Phi) is 29.5. The van der Waals surface area contributed by atoms with Crippen molar-refractivity contribution < 1.29 is 19.0 Å². The van der Waals surface area contributed by atoms with Gasteiger partial charge in [0.15, 0.2) is 0 Å². The third-order valence-electron chi connectivity index (χ3n) is 16.3. The van der Waals surface area contributed by atoms with Crippen molar-refractivity contribution >= 4 is 17.6 Å². The van der Waals surface area contributed by atoms with Crippen molar-refractivity contribution in [3.05, 3.63) is 176 Å². The lowest BCUT2D eigenvalue weighted by Gasteiger charge is -2.26. The maximum absolute atomic E-state index is 13.2. The van der Waals surface area contributed by atoms with E-state index in [1.165, 1.54) is 159 Å². The smallest absolute Gasteiger partial charge is 0.338 e. The van der Waals surface area contributed by atoms with Gasteiger partial charge < -0.3 is 24.8 Å². The molecule has 0 spiro atoms. The van der Waals surface area contributed by atoms with Crippen molar-refractivity contribution in [1.82, 2.24) is 10.6 Å². The van der Waals surface area contributed by atoms with Crippen molar-refractivity contribution in [3.63, 3.8) is 0 Å². The zero-order chi connectivity index (χ0) is 60.1. The Balaban J connectivity index is 0.791. The summed E-state index contributed by atoms with van der Waals surface area (Å²) in [7, 11) is 0. The summed E-state index contributed by atoms with van der Waals surface area (Å²) in [6.45, 7) is 36.4. The third-order valence-corrected chi connectivity index (χ3v) is 16.3. The number of ether oxygens (including phenoxy) is 3. The van der Waals surface area contributed by atoms with Gasteiger partial charge in [-0.1, -0.05) is 276 Å². The summed E-state index contributed by atoms with van der Waals surface area (Å²) in [6.07, 6.45) is 25.9. The van der Waals surface area contributed by atoms with E-state index < -0.39 is 0 Å². The molecule has 0 saturated carbocycles. The molecule has 0 radical (unpaired) electrons. The van der Waals surface area contributed by atoms with E-state index in [2.05, 4.69) is 192 Å². The first-order valence-corrected chi connectivity index (χ1v) is 32.5. The van der Waals surface area contributed by atoms with Crippen LogP contribution in [-0.4, -0.2) is 32.3 Å². The maximum atomic E-state index is 13.2. The van der Waals surface area contributed by atoms with E-state index >= 15 is 0 Å². The quantitative estimate of drug-likeness (QED) is 0.0235. The lowest BCUT2D eigenvalue weighted by Crippen LogP contribution is -2.19. The third kappa shape index (κ3) is 27.4. The topological polar surface area (TPSA) is 68.8 Å². The fourth-order valence-corrected chi connectivity index (χ4v) is 10.4. The van der Waals surface area contributed by atoms with Gasteiger partial charge in [-0.2, -0.15) is 0 Å². The summed E-state index contributed by atoms with van der Waals surface area (Å²) in [5.41, 5.74) is 15.7. The average Bonchev–Trinajstić information content (AvgIpc) is 3.59. The molecule has 0 aromatic heterocycles. The second-order valence-corrected chi connectivity index (χ2v) is 28.2. The van der Waals surface area contributed by atoms with Gasteiger partial charge in [0.25, 0.3) is 0 Å². The maximum Gasteiger partial charge on any atom is 0.338 e. The van der Waals surface area contributed by atoms with Gasteiger partial charge in [0.2, 0.25) is 0 Å². The minimum absolute atomic E-state index is 0.0653. The summed E-state index contributed by atoms with van der Waals surface area (Å²) in [5, 5.41) is 7.31. The van der Waals surface area contributed by atoms with Crippen molar-refractivity contribution in [2.45, 2.75) is 260 Å². The molecule has 0 aliphatic heterocycles. The van der Waals surface area contributed by atoms with E-state index in [9.17, 15) is 4.79 Å². The molecule has 0 unspecified atom stereocenters. The van der Waals surface area contributed by atoms with Gasteiger partial charge >= 0.3 is 5.97 Å². The first kappa shape index (κ1) is 68.9. The highest BCUT2D eigenvalue weighted by molar-refractivity contribution is 5.90. The van der Waals surface area contributed by atoms with Crippen LogP contribution in [0.5, 0.6) is 0 Å². The highest BCUT2D eigenvalue weighted by atomic mass is 16.5. The number of hydrogen-bond donors (Lipinski definition) is 2. The highest BCUT2D eigenvalue weighted by Crippen LogP contribution is 2.32.